The maximum Gasteiger partial charge on any atom is 0.227 e. The van der Waals surface area contributed by atoms with Crippen molar-refractivity contribution in [2.24, 2.45) is 11.8 Å². The van der Waals surface area contributed by atoms with E-state index in [0.717, 1.165) is 13.1 Å². The van der Waals surface area contributed by atoms with Gasteiger partial charge >= 0.3 is 0 Å². The number of anilines is 1. The summed E-state index contributed by atoms with van der Waals surface area (Å²) in [5, 5.41) is 5.86. The van der Waals surface area contributed by atoms with Crippen LogP contribution in [0.4, 0.5) is 14.5 Å². The molecule has 2 aromatic carbocycles. The minimum Gasteiger partial charge on any atom is -0.486 e. The summed E-state index contributed by atoms with van der Waals surface area (Å²) in [5.74, 6) is -0.827. The molecule has 1 aliphatic rings. The molecular formula is C19H20F2N2O2. The Bertz CT molecular complexity index is 763. The molecule has 1 saturated heterocycles. The van der Waals surface area contributed by atoms with Gasteiger partial charge in [0.05, 0.1) is 0 Å². The quantitative estimate of drug-likeness (QED) is 0.843. The molecular weight excluding hydrogens is 326 g/mol. The molecule has 1 unspecified atom stereocenters. The Balaban J connectivity index is 1.59. The predicted octanol–water partition coefficient (Wildman–Crippen LogP) is 3.34. The highest BCUT2D eigenvalue weighted by molar-refractivity contribution is 5.92. The van der Waals surface area contributed by atoms with Gasteiger partial charge in [-0.2, -0.15) is 0 Å². The highest BCUT2D eigenvalue weighted by Crippen LogP contribution is 2.24. The van der Waals surface area contributed by atoms with E-state index in [0.29, 0.717) is 17.2 Å². The van der Waals surface area contributed by atoms with Crippen molar-refractivity contribution in [2.75, 3.05) is 18.4 Å². The monoisotopic (exact) mass is 346 g/mol. The van der Waals surface area contributed by atoms with Crippen LogP contribution in [0.3, 0.4) is 0 Å². The third-order valence-electron chi connectivity index (χ3n) is 4.42. The van der Waals surface area contributed by atoms with E-state index >= 15 is 0 Å². The lowest BCUT2D eigenvalue weighted by Gasteiger charge is -2.31. The summed E-state index contributed by atoms with van der Waals surface area (Å²) >= 11 is 0. The van der Waals surface area contributed by atoms with Crippen molar-refractivity contribution in [3.05, 3.63) is 59.7 Å². The Kier molecular flexibility index (Phi) is 5.28. The lowest BCUT2D eigenvalue weighted by molar-refractivity contribution is -0.121. The summed E-state index contributed by atoms with van der Waals surface area (Å²) in [7, 11) is 0. The maximum atomic E-state index is 14.2. The van der Waals surface area contributed by atoms with Crippen LogP contribution in [0.2, 0.25) is 0 Å². The van der Waals surface area contributed by atoms with Gasteiger partial charge < -0.3 is 15.4 Å². The molecule has 0 spiro atoms. The Morgan fingerprint density at radius 3 is 2.72 bits per heavy atom. The maximum absolute atomic E-state index is 14.2. The van der Waals surface area contributed by atoms with Crippen molar-refractivity contribution in [1.29, 1.82) is 0 Å². The van der Waals surface area contributed by atoms with Gasteiger partial charge in [0, 0.05) is 17.7 Å². The van der Waals surface area contributed by atoms with Crippen molar-refractivity contribution in [2.45, 2.75) is 13.5 Å². The first-order chi connectivity index (χ1) is 12.0. The highest BCUT2D eigenvalue weighted by Gasteiger charge is 2.28. The molecule has 2 N–H and O–H groups in total. The van der Waals surface area contributed by atoms with E-state index in [1.807, 2.05) is 6.92 Å². The lowest BCUT2D eigenvalue weighted by Crippen LogP contribution is -2.48. The van der Waals surface area contributed by atoms with E-state index in [-0.39, 0.29) is 30.0 Å². The number of halogens is 2. The fourth-order valence-electron chi connectivity index (χ4n) is 2.62. The van der Waals surface area contributed by atoms with Crippen LogP contribution >= 0.6 is 0 Å². The molecule has 0 aliphatic carbocycles. The normalized spacial score (nSPS) is 15.3. The molecule has 25 heavy (non-hydrogen) atoms. The summed E-state index contributed by atoms with van der Waals surface area (Å²) in [6.45, 7) is 3.59. The molecule has 0 saturated carbocycles. The van der Waals surface area contributed by atoms with Gasteiger partial charge in [-0.1, -0.05) is 19.1 Å². The number of carbonyl (C=O) groups is 1. The van der Waals surface area contributed by atoms with E-state index in [4.69, 9.17) is 4.74 Å². The molecule has 132 valence electrons. The van der Waals surface area contributed by atoms with Crippen LogP contribution in [-0.4, -0.2) is 19.0 Å². The van der Waals surface area contributed by atoms with Gasteiger partial charge in [-0.25, -0.2) is 8.78 Å². The molecule has 4 nitrogen and oxygen atoms in total. The topological polar surface area (TPSA) is 50.4 Å². The Labute approximate surface area is 145 Å². The summed E-state index contributed by atoms with van der Waals surface area (Å²) in [4.78, 5) is 12.2. The average molecular weight is 346 g/mol. The van der Waals surface area contributed by atoms with E-state index in [9.17, 15) is 13.6 Å². The van der Waals surface area contributed by atoms with Crippen molar-refractivity contribution < 1.29 is 18.3 Å². The van der Waals surface area contributed by atoms with Crippen molar-refractivity contribution >= 4 is 11.6 Å². The molecule has 0 bridgehead atoms. The van der Waals surface area contributed by atoms with Gasteiger partial charge in [-0.3, -0.25) is 4.79 Å². The average Bonchev–Trinajstić information content (AvgIpc) is 2.52. The summed E-state index contributed by atoms with van der Waals surface area (Å²) < 4.78 is 32.7. The van der Waals surface area contributed by atoms with Crippen molar-refractivity contribution in [1.82, 2.24) is 5.32 Å². The van der Waals surface area contributed by atoms with Crippen molar-refractivity contribution in [3.63, 3.8) is 0 Å². The molecule has 0 radical (unpaired) electrons. The molecule has 1 heterocycles. The van der Waals surface area contributed by atoms with Crippen LogP contribution in [0.1, 0.15) is 12.5 Å². The summed E-state index contributed by atoms with van der Waals surface area (Å²) in [5.41, 5.74) is 0.999. The molecule has 2 aromatic rings. The van der Waals surface area contributed by atoms with E-state index in [1.54, 1.807) is 18.2 Å². The van der Waals surface area contributed by atoms with Gasteiger partial charge in [0.15, 0.2) is 11.6 Å². The SMILES string of the molecule is CC(C(=O)Nc1ccc(OCc2cccc(F)c2)c(F)c1)C1CNC1. The third-order valence-corrected chi connectivity index (χ3v) is 4.42. The zero-order chi connectivity index (χ0) is 17.8. The Morgan fingerprint density at radius 1 is 1.28 bits per heavy atom. The van der Waals surface area contributed by atoms with Crippen LogP contribution in [0, 0.1) is 23.5 Å². The predicted molar refractivity (Wildman–Crippen MR) is 91.3 cm³/mol. The largest absolute Gasteiger partial charge is 0.486 e. The zero-order valence-corrected chi connectivity index (χ0v) is 13.9. The number of nitrogens with one attached hydrogen (secondary N) is 2. The van der Waals surface area contributed by atoms with Crippen LogP contribution in [0.15, 0.2) is 42.5 Å². The van der Waals surface area contributed by atoms with Crippen LogP contribution in [0.5, 0.6) is 5.75 Å². The van der Waals surface area contributed by atoms with E-state index < -0.39 is 5.82 Å². The van der Waals surface area contributed by atoms with Gasteiger partial charge in [0.1, 0.15) is 12.4 Å². The molecule has 3 rings (SSSR count). The Morgan fingerprint density at radius 2 is 2.08 bits per heavy atom. The smallest absolute Gasteiger partial charge is 0.227 e. The second kappa shape index (κ2) is 7.61. The van der Waals surface area contributed by atoms with E-state index in [2.05, 4.69) is 10.6 Å². The third kappa shape index (κ3) is 4.33. The summed E-state index contributed by atoms with van der Waals surface area (Å²) in [6.07, 6.45) is 0. The van der Waals surface area contributed by atoms with Gasteiger partial charge in [0.2, 0.25) is 5.91 Å². The lowest BCUT2D eigenvalue weighted by atomic mass is 9.88. The standard InChI is InChI=1S/C19H20F2N2O2/c1-12(14-9-22-10-14)19(24)23-16-5-6-18(17(21)8-16)25-11-13-3-2-4-15(20)7-13/h2-8,12,14,22H,9-11H2,1H3,(H,23,24). The molecule has 1 atom stereocenters. The molecule has 1 aliphatic heterocycles. The molecule has 1 fully saturated rings. The van der Waals surface area contributed by atoms with Crippen LogP contribution in [0.25, 0.3) is 0 Å². The van der Waals surface area contributed by atoms with Crippen LogP contribution < -0.4 is 15.4 Å². The molecule has 1 amide bonds. The highest BCUT2D eigenvalue weighted by atomic mass is 19.1. The van der Waals surface area contributed by atoms with Gasteiger partial charge in [-0.15, -0.1) is 0 Å². The number of rotatable bonds is 6. The summed E-state index contributed by atoms with van der Waals surface area (Å²) in [6, 6.07) is 10.2. The fourth-order valence-corrected chi connectivity index (χ4v) is 2.62. The van der Waals surface area contributed by atoms with Gasteiger partial charge in [0.25, 0.3) is 0 Å². The Hall–Kier alpha value is -2.47. The number of benzene rings is 2. The number of ether oxygens (including phenoxy) is 1. The number of hydrogen-bond donors (Lipinski definition) is 2. The van der Waals surface area contributed by atoms with Gasteiger partial charge in [-0.05, 0) is 48.8 Å². The van der Waals surface area contributed by atoms with Crippen molar-refractivity contribution in [3.8, 4) is 5.75 Å². The number of hydrogen-bond acceptors (Lipinski definition) is 3. The first-order valence-electron chi connectivity index (χ1n) is 8.21. The fraction of sp³-hybridized carbons (Fsp3) is 0.316. The minimum absolute atomic E-state index is 0.0542. The van der Waals surface area contributed by atoms with Crippen LogP contribution in [-0.2, 0) is 11.4 Å². The molecule has 0 aromatic heterocycles. The first-order valence-corrected chi connectivity index (χ1v) is 8.21. The zero-order valence-electron chi connectivity index (χ0n) is 13.9. The number of carbonyl (C=O) groups excluding carboxylic acids is 1. The number of amides is 1. The second-order valence-electron chi connectivity index (χ2n) is 6.26. The van der Waals surface area contributed by atoms with E-state index in [1.165, 1.54) is 24.3 Å². The second-order valence-corrected chi connectivity index (χ2v) is 6.26. The minimum atomic E-state index is -0.577. The first kappa shape index (κ1) is 17.4. The molecule has 6 heteroatoms.